The van der Waals surface area contributed by atoms with Gasteiger partial charge in [0.15, 0.2) is 5.82 Å². The SMILES string of the molecule is O=C1NOCC1NC(=S)c1ccc(N2CCC(c3cc(Cl)c(F)c(Cl)c3)(C(F)(F)F)C2)cc1. The number of nitrogens with zero attached hydrogens (tertiary/aromatic N) is 1. The summed E-state index contributed by atoms with van der Waals surface area (Å²) in [5.74, 6) is -1.29. The second kappa shape index (κ2) is 8.90. The van der Waals surface area contributed by atoms with E-state index >= 15 is 0 Å². The van der Waals surface area contributed by atoms with Gasteiger partial charge in [-0.3, -0.25) is 9.63 Å². The summed E-state index contributed by atoms with van der Waals surface area (Å²) in [6, 6.07) is 8.02. The van der Waals surface area contributed by atoms with Crippen molar-refractivity contribution in [3.63, 3.8) is 0 Å². The van der Waals surface area contributed by atoms with Crippen LogP contribution in [0, 0.1) is 5.82 Å². The summed E-state index contributed by atoms with van der Waals surface area (Å²) in [4.78, 5) is 18.3. The quantitative estimate of drug-likeness (QED) is 0.351. The highest BCUT2D eigenvalue weighted by atomic mass is 35.5. The molecule has 0 aromatic heterocycles. The molecule has 4 rings (SSSR count). The number of nitrogens with one attached hydrogen (secondary N) is 2. The number of hydroxylamine groups is 1. The van der Waals surface area contributed by atoms with Crippen LogP contribution in [0.25, 0.3) is 0 Å². The fourth-order valence-electron chi connectivity index (χ4n) is 4.01. The fourth-order valence-corrected chi connectivity index (χ4v) is 4.77. The molecule has 5 nitrogen and oxygen atoms in total. The standard InChI is InChI=1S/C21H17Cl2F4N3O2S/c22-14-7-12(8-15(23)17(14)24)20(21(25,26)27)5-6-30(10-20)13-3-1-11(2-4-13)19(33)28-16-9-32-29-18(16)31/h1-4,7-8,16H,5-6,9-10H2,(H,28,33)(H,29,31). The number of carbonyl (C=O) groups is 1. The van der Waals surface area contributed by atoms with Crippen LogP contribution in [0.4, 0.5) is 23.2 Å². The van der Waals surface area contributed by atoms with Crippen LogP contribution in [0.1, 0.15) is 17.5 Å². The van der Waals surface area contributed by atoms with Crippen molar-refractivity contribution in [3.8, 4) is 0 Å². The predicted molar refractivity (Wildman–Crippen MR) is 120 cm³/mol. The van der Waals surface area contributed by atoms with Crippen molar-refractivity contribution in [2.75, 3.05) is 24.6 Å². The summed E-state index contributed by atoms with van der Waals surface area (Å²) in [5, 5.41) is 1.97. The number of alkyl halides is 3. The molecule has 12 heteroatoms. The van der Waals surface area contributed by atoms with E-state index in [9.17, 15) is 22.4 Å². The van der Waals surface area contributed by atoms with Crippen LogP contribution >= 0.6 is 35.4 Å². The van der Waals surface area contributed by atoms with E-state index in [2.05, 4.69) is 10.8 Å². The number of carbonyl (C=O) groups excluding carboxylic acids is 1. The van der Waals surface area contributed by atoms with Crippen molar-refractivity contribution in [2.45, 2.75) is 24.1 Å². The second-order valence-corrected chi connectivity index (χ2v) is 9.08. The lowest BCUT2D eigenvalue weighted by Crippen LogP contribution is -2.45. The lowest BCUT2D eigenvalue weighted by atomic mass is 9.79. The first-order chi connectivity index (χ1) is 15.5. The van der Waals surface area contributed by atoms with Crippen LogP contribution in [0.2, 0.25) is 10.0 Å². The van der Waals surface area contributed by atoms with Gasteiger partial charge < -0.3 is 10.2 Å². The molecule has 2 fully saturated rings. The molecular formula is C21H17Cl2F4N3O2S. The van der Waals surface area contributed by atoms with Crippen molar-refractivity contribution in [1.82, 2.24) is 10.8 Å². The molecule has 2 saturated heterocycles. The van der Waals surface area contributed by atoms with Gasteiger partial charge in [0.1, 0.15) is 23.1 Å². The zero-order valence-corrected chi connectivity index (χ0v) is 19.1. The highest BCUT2D eigenvalue weighted by molar-refractivity contribution is 7.80. The average Bonchev–Trinajstić information content (AvgIpc) is 3.39. The molecule has 2 aliphatic rings. The van der Waals surface area contributed by atoms with Crippen molar-refractivity contribution >= 4 is 52.0 Å². The largest absolute Gasteiger partial charge is 0.400 e. The van der Waals surface area contributed by atoms with E-state index in [1.54, 1.807) is 29.2 Å². The second-order valence-electron chi connectivity index (χ2n) is 7.86. The summed E-state index contributed by atoms with van der Waals surface area (Å²) in [6.07, 6.45) is -4.85. The Morgan fingerprint density at radius 2 is 1.85 bits per heavy atom. The molecule has 2 aliphatic heterocycles. The Bertz CT molecular complexity index is 1080. The van der Waals surface area contributed by atoms with Gasteiger partial charge in [-0.25, -0.2) is 9.87 Å². The Morgan fingerprint density at radius 3 is 2.39 bits per heavy atom. The number of benzene rings is 2. The van der Waals surface area contributed by atoms with Gasteiger partial charge in [-0.2, -0.15) is 13.2 Å². The number of amides is 1. The van der Waals surface area contributed by atoms with E-state index in [4.69, 9.17) is 40.3 Å². The molecule has 0 bridgehead atoms. The first kappa shape index (κ1) is 24.0. The minimum absolute atomic E-state index is 0.119. The van der Waals surface area contributed by atoms with Crippen LogP contribution in [0.5, 0.6) is 0 Å². The third-order valence-corrected chi connectivity index (χ3v) is 6.79. The Morgan fingerprint density at radius 1 is 1.21 bits per heavy atom. The Labute approximate surface area is 201 Å². The zero-order chi connectivity index (χ0) is 24.0. The molecular weight excluding hydrogens is 505 g/mol. The third-order valence-electron chi connectivity index (χ3n) is 5.89. The number of rotatable bonds is 4. The summed E-state index contributed by atoms with van der Waals surface area (Å²) >= 11 is 16.9. The first-order valence-corrected chi connectivity index (χ1v) is 11.0. The number of halogens is 6. The Balaban J connectivity index is 1.55. The lowest BCUT2D eigenvalue weighted by molar-refractivity contribution is -0.184. The van der Waals surface area contributed by atoms with Gasteiger partial charge in [0.05, 0.1) is 10.0 Å². The molecule has 0 aliphatic carbocycles. The molecule has 176 valence electrons. The van der Waals surface area contributed by atoms with E-state index in [-0.39, 0.29) is 37.6 Å². The molecule has 2 aromatic carbocycles. The molecule has 2 unspecified atom stereocenters. The van der Waals surface area contributed by atoms with Crippen LogP contribution in [-0.2, 0) is 15.0 Å². The molecule has 0 radical (unpaired) electrons. The van der Waals surface area contributed by atoms with Crippen LogP contribution in [0.3, 0.4) is 0 Å². The summed E-state index contributed by atoms with van der Waals surface area (Å²) < 4.78 is 56.6. The van der Waals surface area contributed by atoms with Gasteiger partial charge in [0, 0.05) is 24.3 Å². The van der Waals surface area contributed by atoms with Crippen LogP contribution in [0.15, 0.2) is 36.4 Å². The first-order valence-electron chi connectivity index (χ1n) is 9.81. The third kappa shape index (κ3) is 4.49. The van der Waals surface area contributed by atoms with E-state index in [0.29, 0.717) is 16.2 Å². The zero-order valence-electron chi connectivity index (χ0n) is 16.8. The van der Waals surface area contributed by atoms with Crippen molar-refractivity contribution < 1.29 is 27.2 Å². The molecule has 0 spiro atoms. The number of hydrogen-bond donors (Lipinski definition) is 2. The molecule has 1 amide bonds. The minimum atomic E-state index is -4.61. The fraction of sp³-hybridized carbons (Fsp3) is 0.333. The van der Waals surface area contributed by atoms with Gasteiger partial charge in [-0.1, -0.05) is 35.4 Å². The number of thiocarbonyl (C=S) groups is 1. The monoisotopic (exact) mass is 521 g/mol. The highest BCUT2D eigenvalue weighted by Gasteiger charge is 2.59. The van der Waals surface area contributed by atoms with Gasteiger partial charge in [0.2, 0.25) is 0 Å². The lowest BCUT2D eigenvalue weighted by Gasteiger charge is -2.33. The van der Waals surface area contributed by atoms with Crippen molar-refractivity contribution in [2.24, 2.45) is 0 Å². The predicted octanol–water partition coefficient (Wildman–Crippen LogP) is 4.54. The normalized spacial score (nSPS) is 23.0. The van der Waals surface area contributed by atoms with Crippen LogP contribution < -0.4 is 15.7 Å². The summed E-state index contributed by atoms with van der Waals surface area (Å²) in [6.45, 7) is -0.133. The molecule has 0 saturated carbocycles. The molecule has 2 N–H and O–H groups in total. The summed E-state index contributed by atoms with van der Waals surface area (Å²) in [5.41, 5.74) is 0.962. The smallest absolute Gasteiger partial charge is 0.370 e. The molecule has 2 heterocycles. The summed E-state index contributed by atoms with van der Waals surface area (Å²) in [7, 11) is 0. The van der Waals surface area contributed by atoms with E-state index in [0.717, 1.165) is 12.1 Å². The van der Waals surface area contributed by atoms with Crippen molar-refractivity contribution in [1.29, 1.82) is 0 Å². The van der Waals surface area contributed by atoms with Gasteiger partial charge >= 0.3 is 6.18 Å². The topological polar surface area (TPSA) is 53.6 Å². The van der Waals surface area contributed by atoms with Crippen LogP contribution in [-0.4, -0.2) is 42.8 Å². The van der Waals surface area contributed by atoms with Crippen molar-refractivity contribution in [3.05, 3.63) is 63.4 Å². The Kier molecular flexibility index (Phi) is 6.47. The Hall–Kier alpha value is -2.14. The maximum absolute atomic E-state index is 14.3. The number of anilines is 1. The van der Waals surface area contributed by atoms with E-state index in [1.807, 2.05) is 0 Å². The number of hydrogen-bond acceptors (Lipinski definition) is 4. The molecule has 2 atom stereocenters. The van der Waals surface area contributed by atoms with Gasteiger partial charge in [-0.15, -0.1) is 0 Å². The van der Waals surface area contributed by atoms with E-state index < -0.39 is 33.5 Å². The highest BCUT2D eigenvalue weighted by Crippen LogP contribution is 2.49. The van der Waals surface area contributed by atoms with Gasteiger partial charge in [0.25, 0.3) is 5.91 Å². The maximum Gasteiger partial charge on any atom is 0.400 e. The van der Waals surface area contributed by atoms with Gasteiger partial charge in [-0.05, 0) is 48.4 Å². The minimum Gasteiger partial charge on any atom is -0.370 e. The molecule has 2 aromatic rings. The average molecular weight is 522 g/mol. The maximum atomic E-state index is 14.3. The van der Waals surface area contributed by atoms with E-state index in [1.165, 1.54) is 0 Å². The molecule has 33 heavy (non-hydrogen) atoms.